The minimum Gasteiger partial charge on any atom is -0.348 e. The number of aromatic nitrogens is 2. The van der Waals surface area contributed by atoms with E-state index < -0.39 is 28.8 Å². The predicted octanol–water partition coefficient (Wildman–Crippen LogP) is 3.33. The Morgan fingerprint density at radius 3 is 2.38 bits per heavy atom. The van der Waals surface area contributed by atoms with Crippen LogP contribution in [0.4, 0.5) is 13.2 Å². The lowest BCUT2D eigenvalue weighted by atomic mass is 10.1. The minimum atomic E-state index is -4.59. The molecular formula is C18H20F3N3O2. The fourth-order valence-corrected chi connectivity index (χ4v) is 2.29. The van der Waals surface area contributed by atoms with E-state index in [1.165, 1.54) is 25.1 Å². The highest BCUT2D eigenvalue weighted by atomic mass is 19.4. The lowest BCUT2D eigenvalue weighted by Crippen LogP contribution is -2.39. The van der Waals surface area contributed by atoms with E-state index in [1.807, 2.05) is 13.8 Å². The highest BCUT2D eigenvalue weighted by Crippen LogP contribution is 2.33. The fraction of sp³-hybridized carbons (Fsp3) is 0.389. The second-order valence-electron chi connectivity index (χ2n) is 6.43. The summed E-state index contributed by atoms with van der Waals surface area (Å²) in [4.78, 5) is 24.5. The van der Waals surface area contributed by atoms with Crippen molar-refractivity contribution >= 4 is 5.91 Å². The summed E-state index contributed by atoms with van der Waals surface area (Å²) >= 11 is 0. The van der Waals surface area contributed by atoms with E-state index in [1.54, 1.807) is 6.92 Å². The number of alkyl halides is 3. The first kappa shape index (κ1) is 19.7. The molecule has 1 amide bonds. The monoisotopic (exact) mass is 367 g/mol. The van der Waals surface area contributed by atoms with Crippen LogP contribution in [0.15, 0.2) is 35.1 Å². The zero-order valence-corrected chi connectivity index (χ0v) is 14.9. The highest BCUT2D eigenvalue weighted by molar-refractivity contribution is 5.92. The van der Waals surface area contributed by atoms with Crippen LogP contribution in [0.3, 0.4) is 0 Å². The van der Waals surface area contributed by atoms with Crippen LogP contribution in [-0.2, 0) is 6.18 Å². The number of halogens is 3. The molecule has 0 radical (unpaired) electrons. The van der Waals surface area contributed by atoms with Gasteiger partial charge in [0.1, 0.15) is 0 Å². The van der Waals surface area contributed by atoms with Crippen molar-refractivity contribution in [3.05, 3.63) is 57.5 Å². The van der Waals surface area contributed by atoms with Gasteiger partial charge in [0.2, 0.25) is 5.43 Å². The van der Waals surface area contributed by atoms with Crippen LogP contribution in [-0.4, -0.2) is 21.7 Å². The summed E-state index contributed by atoms with van der Waals surface area (Å²) in [5.41, 5.74) is -2.04. The first-order chi connectivity index (χ1) is 12.0. The molecule has 2 aromatic rings. The third-order valence-electron chi connectivity index (χ3n) is 4.12. The van der Waals surface area contributed by atoms with E-state index in [4.69, 9.17) is 0 Å². The van der Waals surface area contributed by atoms with Gasteiger partial charge in [-0.3, -0.25) is 9.59 Å². The topological polar surface area (TPSA) is 64.0 Å². The van der Waals surface area contributed by atoms with Gasteiger partial charge in [-0.1, -0.05) is 26.0 Å². The SMILES string of the molecule is Cc1cc(=O)c(C(=O)NC(C)C(C)C)nn1-c1ccccc1C(F)(F)F. The van der Waals surface area contributed by atoms with Crippen molar-refractivity contribution in [3.63, 3.8) is 0 Å². The Morgan fingerprint density at radius 2 is 1.81 bits per heavy atom. The van der Waals surface area contributed by atoms with Gasteiger partial charge in [-0.05, 0) is 31.9 Å². The molecule has 26 heavy (non-hydrogen) atoms. The molecule has 0 bridgehead atoms. The number of aryl methyl sites for hydroxylation is 1. The van der Waals surface area contributed by atoms with E-state index in [2.05, 4.69) is 10.4 Å². The lowest BCUT2D eigenvalue weighted by molar-refractivity contribution is -0.137. The average Bonchev–Trinajstić information content (AvgIpc) is 2.53. The van der Waals surface area contributed by atoms with Crippen LogP contribution in [0.1, 0.15) is 42.5 Å². The largest absolute Gasteiger partial charge is 0.418 e. The molecule has 1 unspecified atom stereocenters. The van der Waals surface area contributed by atoms with E-state index >= 15 is 0 Å². The first-order valence-electron chi connectivity index (χ1n) is 8.10. The number of para-hydroxylation sites is 1. The van der Waals surface area contributed by atoms with Crippen molar-refractivity contribution in [2.24, 2.45) is 5.92 Å². The number of amides is 1. The number of hydrogen-bond donors (Lipinski definition) is 1. The van der Waals surface area contributed by atoms with Crippen molar-refractivity contribution < 1.29 is 18.0 Å². The molecule has 0 aliphatic rings. The molecule has 0 saturated carbocycles. The van der Waals surface area contributed by atoms with Crippen LogP contribution in [0.5, 0.6) is 0 Å². The first-order valence-corrected chi connectivity index (χ1v) is 8.10. The van der Waals surface area contributed by atoms with Crippen LogP contribution in [0, 0.1) is 12.8 Å². The van der Waals surface area contributed by atoms with Crippen LogP contribution in [0.2, 0.25) is 0 Å². The number of hydrogen-bond acceptors (Lipinski definition) is 3. The summed E-state index contributed by atoms with van der Waals surface area (Å²) in [6.07, 6.45) is -4.59. The van der Waals surface area contributed by atoms with Gasteiger partial charge in [-0.15, -0.1) is 0 Å². The molecule has 8 heteroatoms. The Bertz CT molecular complexity index is 873. The molecule has 1 N–H and O–H groups in total. The number of carbonyl (C=O) groups excluding carboxylic acids is 1. The molecule has 0 aliphatic carbocycles. The molecule has 1 aromatic carbocycles. The average molecular weight is 367 g/mol. The molecule has 1 atom stereocenters. The lowest BCUT2D eigenvalue weighted by Gasteiger charge is -2.19. The van der Waals surface area contributed by atoms with Crippen molar-refractivity contribution in [1.82, 2.24) is 15.1 Å². The second kappa shape index (κ2) is 7.31. The predicted molar refractivity (Wildman–Crippen MR) is 91.3 cm³/mol. The maximum atomic E-state index is 13.3. The van der Waals surface area contributed by atoms with Gasteiger partial charge in [-0.25, -0.2) is 4.68 Å². The van der Waals surface area contributed by atoms with E-state index in [0.717, 1.165) is 16.8 Å². The van der Waals surface area contributed by atoms with Crippen LogP contribution < -0.4 is 10.7 Å². The molecule has 0 fully saturated rings. The van der Waals surface area contributed by atoms with E-state index in [0.29, 0.717) is 0 Å². The maximum Gasteiger partial charge on any atom is 0.418 e. The summed E-state index contributed by atoms with van der Waals surface area (Å²) in [6, 6.07) is 5.75. The Kier molecular flexibility index (Phi) is 5.53. The molecule has 0 aliphatic heterocycles. The van der Waals surface area contributed by atoms with Gasteiger partial charge in [0, 0.05) is 17.8 Å². The molecule has 5 nitrogen and oxygen atoms in total. The second-order valence-corrected chi connectivity index (χ2v) is 6.43. The smallest absolute Gasteiger partial charge is 0.348 e. The van der Waals surface area contributed by atoms with Crippen LogP contribution in [0.25, 0.3) is 5.69 Å². The number of nitrogens with one attached hydrogen (secondary N) is 1. The summed E-state index contributed by atoms with van der Waals surface area (Å²) in [6.45, 7) is 7.02. The molecule has 0 spiro atoms. The summed E-state index contributed by atoms with van der Waals surface area (Å²) in [5.74, 6) is -0.591. The van der Waals surface area contributed by atoms with Crippen molar-refractivity contribution in [3.8, 4) is 5.69 Å². The van der Waals surface area contributed by atoms with E-state index in [9.17, 15) is 22.8 Å². The third-order valence-corrected chi connectivity index (χ3v) is 4.12. The Hall–Kier alpha value is -2.64. The zero-order chi connectivity index (χ0) is 19.6. The maximum absolute atomic E-state index is 13.3. The van der Waals surface area contributed by atoms with Gasteiger partial charge in [0.25, 0.3) is 5.91 Å². The summed E-state index contributed by atoms with van der Waals surface area (Å²) in [5, 5.41) is 6.56. The third kappa shape index (κ3) is 4.12. The normalized spacial score (nSPS) is 12.9. The Labute approximate surface area is 148 Å². The van der Waals surface area contributed by atoms with Gasteiger partial charge >= 0.3 is 6.18 Å². The molecule has 2 rings (SSSR count). The van der Waals surface area contributed by atoms with E-state index in [-0.39, 0.29) is 23.3 Å². The molecular weight excluding hydrogens is 347 g/mol. The van der Waals surface area contributed by atoms with Crippen LogP contribution >= 0.6 is 0 Å². The number of rotatable bonds is 4. The molecule has 1 aromatic heterocycles. The quantitative estimate of drug-likeness (QED) is 0.902. The zero-order valence-electron chi connectivity index (χ0n) is 14.9. The number of carbonyl (C=O) groups is 1. The van der Waals surface area contributed by atoms with Gasteiger partial charge in [-0.2, -0.15) is 18.3 Å². The molecule has 1 heterocycles. The van der Waals surface area contributed by atoms with Gasteiger partial charge in [0.05, 0.1) is 11.3 Å². The summed E-state index contributed by atoms with van der Waals surface area (Å²) in [7, 11) is 0. The summed E-state index contributed by atoms with van der Waals surface area (Å²) < 4.78 is 40.8. The van der Waals surface area contributed by atoms with Gasteiger partial charge < -0.3 is 5.32 Å². The Morgan fingerprint density at radius 1 is 1.19 bits per heavy atom. The van der Waals surface area contributed by atoms with Gasteiger partial charge in [0.15, 0.2) is 5.69 Å². The molecule has 0 saturated heterocycles. The number of nitrogens with zero attached hydrogens (tertiary/aromatic N) is 2. The highest BCUT2D eigenvalue weighted by Gasteiger charge is 2.34. The number of benzene rings is 1. The van der Waals surface area contributed by atoms with Crippen molar-refractivity contribution in [1.29, 1.82) is 0 Å². The Balaban J connectivity index is 2.57. The minimum absolute atomic E-state index is 0.123. The fourth-order valence-electron chi connectivity index (χ4n) is 2.29. The standard InChI is InChI=1S/C18H20F3N3O2/c1-10(2)12(4)22-17(26)16-15(25)9-11(3)24(23-16)14-8-6-5-7-13(14)18(19,20)21/h5-10,12H,1-4H3,(H,22,26). The van der Waals surface area contributed by atoms with Crippen molar-refractivity contribution in [2.45, 2.75) is 39.9 Å². The molecule has 140 valence electrons. The van der Waals surface area contributed by atoms with Crippen molar-refractivity contribution in [2.75, 3.05) is 0 Å².